The van der Waals surface area contributed by atoms with Crippen LogP contribution in [0.1, 0.15) is 48.2 Å². The van der Waals surface area contributed by atoms with Gasteiger partial charge in [-0.1, -0.05) is 34.5 Å². The van der Waals surface area contributed by atoms with Crippen molar-refractivity contribution < 1.29 is 4.52 Å². The SMILES string of the molecule is CNC(C)Cc1noc(C2(c3cc(C)cc(C)c3)CC2)n1.Cl. The third kappa shape index (κ3) is 3.18. The molecule has 1 aromatic carbocycles. The molecule has 4 nitrogen and oxygen atoms in total. The molecule has 1 aliphatic carbocycles. The first-order chi connectivity index (χ1) is 10.0. The van der Waals surface area contributed by atoms with E-state index >= 15 is 0 Å². The van der Waals surface area contributed by atoms with Crippen molar-refractivity contribution in [3.63, 3.8) is 0 Å². The Morgan fingerprint density at radius 2 is 1.86 bits per heavy atom. The molecule has 0 radical (unpaired) electrons. The number of nitrogens with one attached hydrogen (secondary N) is 1. The summed E-state index contributed by atoms with van der Waals surface area (Å²) >= 11 is 0. The van der Waals surface area contributed by atoms with Gasteiger partial charge in [0.25, 0.3) is 0 Å². The van der Waals surface area contributed by atoms with Gasteiger partial charge in [0.1, 0.15) is 0 Å². The minimum absolute atomic E-state index is 0. The fourth-order valence-electron chi connectivity index (χ4n) is 2.91. The molecule has 0 amide bonds. The van der Waals surface area contributed by atoms with Gasteiger partial charge in [0.2, 0.25) is 5.89 Å². The predicted octanol–water partition coefficient (Wildman–Crippen LogP) is 3.34. The minimum Gasteiger partial charge on any atom is -0.338 e. The van der Waals surface area contributed by atoms with Gasteiger partial charge >= 0.3 is 0 Å². The van der Waals surface area contributed by atoms with Crippen LogP contribution in [-0.4, -0.2) is 23.2 Å². The van der Waals surface area contributed by atoms with Gasteiger partial charge in [0, 0.05) is 12.5 Å². The fraction of sp³-hybridized carbons (Fsp3) is 0.529. The molecule has 0 spiro atoms. The summed E-state index contributed by atoms with van der Waals surface area (Å²) in [5.74, 6) is 1.58. The van der Waals surface area contributed by atoms with Crippen molar-refractivity contribution in [1.29, 1.82) is 0 Å². The van der Waals surface area contributed by atoms with Crippen LogP contribution in [0.15, 0.2) is 22.7 Å². The summed E-state index contributed by atoms with van der Waals surface area (Å²) in [7, 11) is 1.95. The second-order valence-corrected chi connectivity index (χ2v) is 6.37. The van der Waals surface area contributed by atoms with E-state index in [0.29, 0.717) is 6.04 Å². The van der Waals surface area contributed by atoms with Crippen LogP contribution in [0.5, 0.6) is 0 Å². The van der Waals surface area contributed by atoms with E-state index in [1.165, 1.54) is 16.7 Å². The standard InChI is InChI=1S/C17H23N3O.ClH/c1-11-7-12(2)9-14(8-11)17(5-6-17)16-19-15(20-21-16)10-13(3)18-4;/h7-9,13,18H,5-6,10H2,1-4H3;1H. The predicted molar refractivity (Wildman–Crippen MR) is 89.7 cm³/mol. The third-order valence-electron chi connectivity index (χ3n) is 4.38. The van der Waals surface area contributed by atoms with Crippen molar-refractivity contribution in [2.24, 2.45) is 0 Å². The number of hydrogen-bond acceptors (Lipinski definition) is 4. The first-order valence-corrected chi connectivity index (χ1v) is 7.62. The number of hydrogen-bond donors (Lipinski definition) is 1. The zero-order chi connectivity index (χ0) is 15.0. The van der Waals surface area contributed by atoms with Crippen LogP contribution in [0, 0.1) is 13.8 Å². The van der Waals surface area contributed by atoms with Crippen LogP contribution in [0.2, 0.25) is 0 Å². The molecule has 22 heavy (non-hydrogen) atoms. The molecule has 1 saturated carbocycles. The van der Waals surface area contributed by atoms with Crippen molar-refractivity contribution in [3.05, 3.63) is 46.6 Å². The lowest BCUT2D eigenvalue weighted by atomic mass is 9.92. The summed E-state index contributed by atoms with van der Waals surface area (Å²) in [6.07, 6.45) is 2.99. The van der Waals surface area contributed by atoms with Crippen LogP contribution >= 0.6 is 12.4 Å². The van der Waals surface area contributed by atoms with Gasteiger partial charge in [-0.25, -0.2) is 0 Å². The van der Waals surface area contributed by atoms with Crippen molar-refractivity contribution in [2.75, 3.05) is 7.05 Å². The number of halogens is 1. The van der Waals surface area contributed by atoms with Crippen LogP contribution in [0.4, 0.5) is 0 Å². The van der Waals surface area contributed by atoms with Crippen LogP contribution < -0.4 is 5.32 Å². The molecule has 0 saturated heterocycles. The summed E-state index contributed by atoms with van der Waals surface area (Å²) in [4.78, 5) is 4.65. The largest absolute Gasteiger partial charge is 0.338 e. The van der Waals surface area contributed by atoms with Gasteiger partial charge in [-0.05, 0) is 46.2 Å². The van der Waals surface area contributed by atoms with E-state index in [-0.39, 0.29) is 17.8 Å². The molecule has 120 valence electrons. The third-order valence-corrected chi connectivity index (χ3v) is 4.38. The zero-order valence-electron chi connectivity index (χ0n) is 13.6. The van der Waals surface area contributed by atoms with Gasteiger partial charge < -0.3 is 9.84 Å². The van der Waals surface area contributed by atoms with Gasteiger partial charge in [-0.2, -0.15) is 4.98 Å². The van der Waals surface area contributed by atoms with E-state index in [1.54, 1.807) is 0 Å². The normalized spacial score (nSPS) is 16.9. The smallest absolute Gasteiger partial charge is 0.237 e. The molecular formula is C17H24ClN3O. The molecule has 1 N–H and O–H groups in total. The summed E-state index contributed by atoms with van der Waals surface area (Å²) in [5.41, 5.74) is 3.86. The highest BCUT2D eigenvalue weighted by Crippen LogP contribution is 2.53. The highest BCUT2D eigenvalue weighted by molar-refractivity contribution is 5.85. The molecule has 1 unspecified atom stereocenters. The van der Waals surface area contributed by atoms with E-state index in [4.69, 9.17) is 4.52 Å². The maximum atomic E-state index is 5.58. The number of aryl methyl sites for hydroxylation is 2. The number of rotatable bonds is 5. The molecule has 1 aliphatic rings. The van der Waals surface area contributed by atoms with Crippen LogP contribution in [-0.2, 0) is 11.8 Å². The molecule has 1 heterocycles. The minimum atomic E-state index is -0.0368. The topological polar surface area (TPSA) is 51.0 Å². The quantitative estimate of drug-likeness (QED) is 0.917. The van der Waals surface area contributed by atoms with Crippen molar-refractivity contribution in [1.82, 2.24) is 15.5 Å². The molecule has 1 atom stereocenters. The molecular weight excluding hydrogens is 298 g/mol. The van der Waals surface area contributed by atoms with E-state index < -0.39 is 0 Å². The molecule has 3 rings (SSSR count). The van der Waals surface area contributed by atoms with Crippen molar-refractivity contribution in [2.45, 2.75) is 51.5 Å². The number of likely N-dealkylation sites (N-methyl/N-ethyl adjacent to an activating group) is 1. The fourth-order valence-corrected chi connectivity index (χ4v) is 2.91. The Hall–Kier alpha value is -1.39. The van der Waals surface area contributed by atoms with Gasteiger partial charge in [0.15, 0.2) is 5.82 Å². The summed E-state index contributed by atoms with van der Waals surface area (Å²) in [6, 6.07) is 7.06. The lowest BCUT2D eigenvalue weighted by molar-refractivity contribution is 0.354. The number of benzene rings is 1. The molecule has 2 aromatic rings. The Morgan fingerprint density at radius 1 is 1.23 bits per heavy atom. The second kappa shape index (κ2) is 6.39. The molecule has 1 aromatic heterocycles. The van der Waals surface area contributed by atoms with Gasteiger partial charge in [-0.3, -0.25) is 0 Å². The average Bonchev–Trinajstić information content (AvgIpc) is 3.12. The average molecular weight is 322 g/mol. The highest BCUT2D eigenvalue weighted by atomic mass is 35.5. The maximum Gasteiger partial charge on any atom is 0.237 e. The highest BCUT2D eigenvalue weighted by Gasteiger charge is 2.51. The van der Waals surface area contributed by atoms with E-state index in [0.717, 1.165) is 31.0 Å². The zero-order valence-corrected chi connectivity index (χ0v) is 14.5. The van der Waals surface area contributed by atoms with E-state index in [9.17, 15) is 0 Å². The Kier molecular flexibility index (Phi) is 4.93. The first-order valence-electron chi connectivity index (χ1n) is 7.62. The van der Waals surface area contributed by atoms with E-state index in [2.05, 4.69) is 54.4 Å². The summed E-state index contributed by atoms with van der Waals surface area (Å²) < 4.78 is 5.58. The van der Waals surface area contributed by atoms with Crippen LogP contribution in [0.3, 0.4) is 0 Å². The molecule has 5 heteroatoms. The first kappa shape index (κ1) is 17.0. The summed E-state index contributed by atoms with van der Waals surface area (Å²) in [5, 5.41) is 7.36. The van der Waals surface area contributed by atoms with Gasteiger partial charge in [0.05, 0.1) is 5.41 Å². The van der Waals surface area contributed by atoms with Crippen molar-refractivity contribution >= 4 is 12.4 Å². The molecule has 0 aliphatic heterocycles. The Balaban J connectivity index is 0.00000176. The molecule has 1 fully saturated rings. The Morgan fingerprint density at radius 3 is 2.41 bits per heavy atom. The summed E-state index contributed by atoms with van der Waals surface area (Å²) in [6.45, 7) is 6.40. The van der Waals surface area contributed by atoms with Crippen molar-refractivity contribution in [3.8, 4) is 0 Å². The number of nitrogens with zero attached hydrogens (tertiary/aromatic N) is 2. The Labute approximate surface area is 138 Å². The maximum absolute atomic E-state index is 5.58. The monoisotopic (exact) mass is 321 g/mol. The second-order valence-electron chi connectivity index (χ2n) is 6.37. The van der Waals surface area contributed by atoms with Gasteiger partial charge in [-0.15, -0.1) is 12.4 Å². The van der Waals surface area contributed by atoms with E-state index in [1.807, 2.05) is 7.05 Å². The Bertz CT molecular complexity index is 629. The lowest BCUT2D eigenvalue weighted by Crippen LogP contribution is -2.24. The number of aromatic nitrogens is 2. The van der Waals surface area contributed by atoms with Crippen LogP contribution in [0.25, 0.3) is 0 Å². The lowest BCUT2D eigenvalue weighted by Gasteiger charge is -2.12. The molecule has 0 bridgehead atoms.